The summed E-state index contributed by atoms with van der Waals surface area (Å²) in [6.07, 6.45) is 2.14. The Morgan fingerprint density at radius 3 is 2.75 bits per heavy atom. The second kappa shape index (κ2) is 7.21. The summed E-state index contributed by atoms with van der Waals surface area (Å²) in [5.74, 6) is 0.521. The highest BCUT2D eigenvalue weighted by molar-refractivity contribution is 9.10. The Kier molecular flexibility index (Phi) is 5.22. The topological polar surface area (TPSA) is 59.5 Å². The average molecular weight is 411 g/mol. The van der Waals surface area contributed by atoms with Crippen molar-refractivity contribution in [3.8, 4) is 5.88 Å². The highest BCUT2D eigenvalue weighted by Crippen LogP contribution is 2.26. The fourth-order valence-corrected chi connectivity index (χ4v) is 4.57. The van der Waals surface area contributed by atoms with E-state index >= 15 is 0 Å². The summed E-state index contributed by atoms with van der Waals surface area (Å²) < 4.78 is 33.3. The number of aromatic nitrogens is 1. The normalized spacial score (nSPS) is 18.7. The first-order valence-corrected chi connectivity index (χ1v) is 10.1. The Balaban J connectivity index is 1.64. The lowest BCUT2D eigenvalue weighted by Crippen LogP contribution is -2.32. The van der Waals surface area contributed by atoms with Crippen LogP contribution in [0.25, 0.3) is 0 Å². The Morgan fingerprint density at radius 2 is 2.04 bits per heavy atom. The first-order chi connectivity index (χ1) is 11.4. The van der Waals surface area contributed by atoms with Crippen LogP contribution in [0.1, 0.15) is 17.5 Å². The van der Waals surface area contributed by atoms with Crippen molar-refractivity contribution >= 4 is 26.0 Å². The van der Waals surface area contributed by atoms with Crippen molar-refractivity contribution in [1.82, 2.24) is 9.29 Å². The van der Waals surface area contributed by atoms with Crippen LogP contribution >= 0.6 is 15.9 Å². The molecule has 7 heteroatoms. The first kappa shape index (κ1) is 17.4. The molecular formula is C17H19BrN2O3S. The zero-order chi connectivity index (χ0) is 17.2. The Bertz CT molecular complexity index is 809. The number of rotatable bonds is 5. The number of ether oxygens (including phenoxy) is 1. The van der Waals surface area contributed by atoms with E-state index in [0.29, 0.717) is 25.4 Å². The maximum Gasteiger partial charge on any atom is 0.228 e. The molecule has 5 nitrogen and oxygen atoms in total. The van der Waals surface area contributed by atoms with Crippen LogP contribution in [0, 0.1) is 6.92 Å². The van der Waals surface area contributed by atoms with E-state index in [0.717, 1.165) is 15.6 Å². The van der Waals surface area contributed by atoms with Crippen molar-refractivity contribution in [3.05, 3.63) is 58.2 Å². The molecule has 1 aromatic heterocycles. The van der Waals surface area contributed by atoms with Crippen molar-refractivity contribution in [3.63, 3.8) is 0 Å². The third kappa shape index (κ3) is 4.15. The van der Waals surface area contributed by atoms with Crippen LogP contribution < -0.4 is 4.74 Å². The molecule has 1 aliphatic rings. The van der Waals surface area contributed by atoms with Gasteiger partial charge >= 0.3 is 0 Å². The zero-order valence-corrected chi connectivity index (χ0v) is 15.8. The minimum Gasteiger partial charge on any atom is -0.472 e. The molecule has 1 fully saturated rings. The van der Waals surface area contributed by atoms with E-state index in [4.69, 9.17) is 4.74 Å². The van der Waals surface area contributed by atoms with Gasteiger partial charge in [0.1, 0.15) is 6.10 Å². The third-order valence-corrected chi connectivity index (χ3v) is 6.39. The second-order valence-electron chi connectivity index (χ2n) is 5.92. The zero-order valence-electron chi connectivity index (χ0n) is 13.4. The Labute approximate surface area is 150 Å². The summed E-state index contributed by atoms with van der Waals surface area (Å²) >= 11 is 3.39. The average Bonchev–Trinajstić information content (AvgIpc) is 3.01. The minimum absolute atomic E-state index is 0.0211. The summed E-state index contributed by atoms with van der Waals surface area (Å²) in [5, 5.41) is 0. The van der Waals surface area contributed by atoms with Gasteiger partial charge in [0.2, 0.25) is 15.9 Å². The molecule has 1 atom stereocenters. The predicted molar refractivity (Wildman–Crippen MR) is 96.3 cm³/mol. The quantitative estimate of drug-likeness (QED) is 0.759. The summed E-state index contributed by atoms with van der Waals surface area (Å²) in [6.45, 7) is 2.82. The maximum atomic E-state index is 12.6. The third-order valence-electron chi connectivity index (χ3n) is 3.97. The van der Waals surface area contributed by atoms with Gasteiger partial charge in [-0.15, -0.1) is 0 Å². The number of aryl methyl sites for hydroxylation is 1. The lowest BCUT2D eigenvalue weighted by molar-refractivity contribution is 0.205. The molecule has 0 radical (unpaired) electrons. The van der Waals surface area contributed by atoms with Crippen LogP contribution in [0.3, 0.4) is 0 Å². The fourth-order valence-electron chi connectivity index (χ4n) is 2.65. The molecule has 0 N–H and O–H groups in total. The smallest absolute Gasteiger partial charge is 0.228 e. The molecule has 1 aromatic carbocycles. The lowest BCUT2D eigenvalue weighted by atomic mass is 10.2. The van der Waals surface area contributed by atoms with Gasteiger partial charge in [0, 0.05) is 12.7 Å². The molecule has 0 amide bonds. The number of benzene rings is 1. The van der Waals surface area contributed by atoms with Crippen molar-refractivity contribution in [1.29, 1.82) is 0 Å². The summed E-state index contributed by atoms with van der Waals surface area (Å²) in [7, 11) is -3.34. The number of nitrogens with zero attached hydrogens (tertiary/aromatic N) is 2. The van der Waals surface area contributed by atoms with E-state index in [1.54, 1.807) is 6.20 Å². The molecule has 0 aliphatic carbocycles. The number of hydrogen-bond acceptors (Lipinski definition) is 4. The number of hydrogen-bond donors (Lipinski definition) is 0. The Hall–Kier alpha value is -1.44. The molecular weight excluding hydrogens is 392 g/mol. The molecule has 0 saturated carbocycles. The van der Waals surface area contributed by atoms with Gasteiger partial charge in [-0.1, -0.05) is 29.8 Å². The number of pyridine rings is 1. The van der Waals surface area contributed by atoms with Gasteiger partial charge in [-0.25, -0.2) is 13.4 Å². The standard InChI is InChI=1S/C17H19BrN2O3S/c1-13-4-6-14(7-5-13)12-24(21,22)20-10-8-15(11-20)23-17-16(18)3-2-9-19-17/h2-7,9,15H,8,10-12H2,1H3. The van der Waals surface area contributed by atoms with E-state index < -0.39 is 10.0 Å². The maximum absolute atomic E-state index is 12.6. The second-order valence-corrected chi connectivity index (χ2v) is 8.74. The van der Waals surface area contributed by atoms with E-state index in [9.17, 15) is 8.42 Å². The fraction of sp³-hybridized carbons (Fsp3) is 0.353. The SMILES string of the molecule is Cc1ccc(CS(=O)(=O)N2CCC(Oc3ncccc3Br)C2)cc1. The number of sulfonamides is 1. The molecule has 1 unspecified atom stereocenters. The van der Waals surface area contributed by atoms with Gasteiger partial charge in [-0.2, -0.15) is 4.31 Å². The lowest BCUT2D eigenvalue weighted by Gasteiger charge is -2.17. The van der Waals surface area contributed by atoms with Crippen LogP contribution in [0.4, 0.5) is 0 Å². The van der Waals surface area contributed by atoms with Gasteiger partial charge in [-0.05, 0) is 47.0 Å². The Morgan fingerprint density at radius 1 is 1.29 bits per heavy atom. The van der Waals surface area contributed by atoms with Crippen LogP contribution in [0.15, 0.2) is 47.1 Å². The van der Waals surface area contributed by atoms with Crippen LogP contribution in [-0.4, -0.2) is 36.9 Å². The van der Waals surface area contributed by atoms with E-state index in [1.165, 1.54) is 4.31 Å². The number of halogens is 1. The molecule has 2 heterocycles. The van der Waals surface area contributed by atoms with E-state index in [1.807, 2.05) is 43.3 Å². The van der Waals surface area contributed by atoms with Gasteiger partial charge in [-0.3, -0.25) is 0 Å². The van der Waals surface area contributed by atoms with Crippen molar-refractivity contribution in [2.75, 3.05) is 13.1 Å². The monoisotopic (exact) mass is 410 g/mol. The largest absolute Gasteiger partial charge is 0.472 e. The van der Waals surface area contributed by atoms with E-state index in [2.05, 4.69) is 20.9 Å². The first-order valence-electron chi connectivity index (χ1n) is 7.74. The van der Waals surface area contributed by atoms with Gasteiger partial charge < -0.3 is 4.74 Å². The predicted octanol–water partition coefficient (Wildman–Crippen LogP) is 3.14. The van der Waals surface area contributed by atoms with Crippen molar-refractivity contribution in [2.45, 2.75) is 25.2 Å². The highest BCUT2D eigenvalue weighted by Gasteiger charge is 2.33. The molecule has 2 aromatic rings. The molecule has 0 bridgehead atoms. The van der Waals surface area contributed by atoms with Gasteiger partial charge in [0.05, 0.1) is 16.8 Å². The van der Waals surface area contributed by atoms with Gasteiger partial charge in [0.15, 0.2) is 0 Å². The highest BCUT2D eigenvalue weighted by atomic mass is 79.9. The summed E-state index contributed by atoms with van der Waals surface area (Å²) in [5.41, 5.74) is 1.92. The molecule has 1 aliphatic heterocycles. The van der Waals surface area contributed by atoms with Crippen LogP contribution in [0.5, 0.6) is 5.88 Å². The molecule has 24 heavy (non-hydrogen) atoms. The molecule has 3 rings (SSSR count). The van der Waals surface area contributed by atoms with Crippen LogP contribution in [-0.2, 0) is 15.8 Å². The molecule has 0 spiro atoms. The molecule has 128 valence electrons. The van der Waals surface area contributed by atoms with Crippen molar-refractivity contribution in [2.24, 2.45) is 0 Å². The van der Waals surface area contributed by atoms with E-state index in [-0.39, 0.29) is 11.9 Å². The van der Waals surface area contributed by atoms with Gasteiger partial charge in [0.25, 0.3) is 0 Å². The molecule has 1 saturated heterocycles. The summed E-state index contributed by atoms with van der Waals surface area (Å²) in [4.78, 5) is 4.17. The minimum atomic E-state index is -3.34. The van der Waals surface area contributed by atoms with Crippen LogP contribution in [0.2, 0.25) is 0 Å². The van der Waals surface area contributed by atoms with Crippen molar-refractivity contribution < 1.29 is 13.2 Å². The summed E-state index contributed by atoms with van der Waals surface area (Å²) in [6, 6.07) is 11.2.